The summed E-state index contributed by atoms with van der Waals surface area (Å²) in [6.45, 7) is 0. The fraction of sp³-hybridized carbons (Fsp3) is 0.400. The van der Waals surface area contributed by atoms with E-state index < -0.39 is 27.4 Å². The van der Waals surface area contributed by atoms with Crippen LogP contribution in [-0.4, -0.2) is 74.4 Å². The minimum Gasteiger partial charge on any atom is -0.450 e. The van der Waals surface area contributed by atoms with E-state index in [0.29, 0.717) is 0 Å². The van der Waals surface area contributed by atoms with Gasteiger partial charge in [0.15, 0.2) is 0 Å². The van der Waals surface area contributed by atoms with Crippen molar-refractivity contribution >= 4 is 46.0 Å². The first kappa shape index (κ1) is 15.6. The van der Waals surface area contributed by atoms with E-state index in [4.69, 9.17) is 30.3 Å². The van der Waals surface area contributed by atoms with Crippen LogP contribution in [0.15, 0.2) is 0 Å². The number of hydrogen-bond acceptors (Lipinski definition) is 4. The van der Waals surface area contributed by atoms with Gasteiger partial charge < -0.3 is 10.2 Å². The summed E-state index contributed by atoms with van der Waals surface area (Å²) in [5, 5.41) is 39.1. The molecule has 5 N–H and O–H groups in total. The third kappa shape index (κ3) is 11.2. The predicted octanol–water partition coefficient (Wildman–Crippen LogP) is -1.37. The Hall–Kier alpha value is -0.830. The molecule has 0 aliphatic heterocycles. The molecular formula is C5H7NaO8. The summed E-state index contributed by atoms with van der Waals surface area (Å²) in [7, 11) is 0. The van der Waals surface area contributed by atoms with Gasteiger partial charge in [-0.25, -0.2) is 4.79 Å². The molecule has 0 radical (unpaired) electrons. The number of aliphatic carboxylic acids is 2. The van der Waals surface area contributed by atoms with Crippen LogP contribution < -0.4 is 0 Å². The second-order valence-corrected chi connectivity index (χ2v) is 4.09. The average molecular weight is 218 g/mol. The topological polar surface area (TPSA) is 152 Å². The number of hydrogen-bond donors (Lipinski definition) is 5. The van der Waals surface area contributed by atoms with Crippen LogP contribution >= 0.6 is 0 Å². The van der Waals surface area contributed by atoms with Crippen molar-refractivity contribution < 1.29 is 39.9 Å². The maximum absolute atomic E-state index is 10.1. The Bertz CT molecular complexity index is 230. The summed E-state index contributed by atoms with van der Waals surface area (Å²) in [5.74, 6) is -2.78. The fourth-order valence-corrected chi connectivity index (χ4v) is 0.673. The largest absolute Gasteiger partial charge is 0.503 e. The van der Waals surface area contributed by atoms with Crippen LogP contribution in [0, 0.1) is 0 Å². The summed E-state index contributed by atoms with van der Waals surface area (Å²) in [6, 6.07) is 0. The van der Waals surface area contributed by atoms with Crippen molar-refractivity contribution in [2.75, 3.05) is 0 Å². The van der Waals surface area contributed by atoms with Crippen LogP contribution in [0.3, 0.4) is 0 Å². The third-order valence-electron chi connectivity index (χ3n) is 0.956. The molecule has 0 fully saturated rings. The van der Waals surface area contributed by atoms with Crippen molar-refractivity contribution in [2.45, 2.75) is 9.27 Å². The summed E-state index contributed by atoms with van der Waals surface area (Å²) in [6.07, 6.45) is -2.56. The van der Waals surface area contributed by atoms with Crippen molar-refractivity contribution in [1.82, 2.24) is 0 Å². The first-order valence-corrected chi connectivity index (χ1v) is 4.19. The van der Waals surface area contributed by atoms with Crippen molar-refractivity contribution in [3.63, 3.8) is 0 Å². The van der Waals surface area contributed by atoms with Crippen LogP contribution in [0.4, 0.5) is 4.79 Å². The molecule has 0 amide bonds. The number of rotatable bonds is 3. The maximum atomic E-state index is 10.1. The molecule has 0 saturated carbocycles. The predicted molar refractivity (Wildman–Crippen MR) is 41.2 cm³/mol. The Morgan fingerprint density at radius 1 is 1.07 bits per heavy atom. The van der Waals surface area contributed by atoms with Crippen molar-refractivity contribution in [2.24, 2.45) is 0 Å². The SMILES string of the molecule is O=C(O)C[C](O)([Na])C(=O)O.O=C(O)O. The zero-order valence-corrected chi connectivity index (χ0v) is 9.17. The molecule has 0 saturated heterocycles. The van der Waals surface area contributed by atoms with Crippen LogP contribution in [0.5, 0.6) is 0 Å². The van der Waals surface area contributed by atoms with E-state index in [1.54, 1.807) is 0 Å². The Morgan fingerprint density at radius 3 is 1.43 bits per heavy atom. The van der Waals surface area contributed by atoms with E-state index in [1.165, 1.54) is 0 Å². The quantitative estimate of drug-likeness (QED) is 0.363. The number of carboxylic acid groups (broad SMARTS) is 4. The average Bonchev–Trinajstić information content (AvgIpc) is 1.81. The molecule has 0 aromatic rings. The first-order chi connectivity index (χ1) is 6.09. The zero-order chi connectivity index (χ0) is 11.9. The van der Waals surface area contributed by atoms with Gasteiger partial charge in [0.1, 0.15) is 0 Å². The molecule has 0 aliphatic rings. The molecule has 8 nitrogen and oxygen atoms in total. The van der Waals surface area contributed by atoms with Gasteiger partial charge in [0.05, 0.1) is 0 Å². The van der Waals surface area contributed by atoms with Gasteiger partial charge in [-0.15, -0.1) is 0 Å². The third-order valence-corrected chi connectivity index (χ3v) is 1.74. The molecular weight excluding hydrogens is 211 g/mol. The van der Waals surface area contributed by atoms with Crippen molar-refractivity contribution in [3.8, 4) is 0 Å². The van der Waals surface area contributed by atoms with Crippen LogP contribution in [-0.2, 0) is 9.59 Å². The monoisotopic (exact) mass is 218 g/mol. The second kappa shape index (κ2) is 6.60. The van der Waals surface area contributed by atoms with Crippen molar-refractivity contribution in [3.05, 3.63) is 0 Å². The number of carbonyl (C=O) groups is 3. The molecule has 0 heterocycles. The number of carboxylic acids is 2. The van der Waals surface area contributed by atoms with E-state index in [1.807, 2.05) is 0 Å². The molecule has 0 aliphatic carbocycles. The van der Waals surface area contributed by atoms with Crippen molar-refractivity contribution in [1.29, 1.82) is 0 Å². The van der Waals surface area contributed by atoms with Gasteiger partial charge in [-0.2, -0.15) is 0 Å². The van der Waals surface area contributed by atoms with Gasteiger partial charge in [0.25, 0.3) is 0 Å². The summed E-state index contributed by atoms with van der Waals surface area (Å²) < 4.78 is -2.02. The molecule has 0 bridgehead atoms. The van der Waals surface area contributed by atoms with E-state index in [9.17, 15) is 9.59 Å². The maximum Gasteiger partial charge on any atom is 0.503 e. The van der Waals surface area contributed by atoms with Crippen LogP contribution in [0.25, 0.3) is 0 Å². The molecule has 0 aromatic carbocycles. The van der Waals surface area contributed by atoms with E-state index >= 15 is 0 Å². The minimum absolute atomic E-state index is 0.0943. The minimum atomic E-state index is -2.02. The molecule has 14 heavy (non-hydrogen) atoms. The molecule has 0 rings (SSSR count). The summed E-state index contributed by atoms with van der Waals surface area (Å²) >= 11 is -0.0943. The zero-order valence-electron chi connectivity index (χ0n) is 7.17. The Labute approximate surface area is 95.2 Å². The summed E-state index contributed by atoms with van der Waals surface area (Å²) in [4.78, 5) is 28.6. The van der Waals surface area contributed by atoms with Gasteiger partial charge in [0.2, 0.25) is 0 Å². The molecule has 1 atom stereocenters. The Kier molecular flexibility index (Phi) is 7.37. The van der Waals surface area contributed by atoms with Crippen LogP contribution in [0.1, 0.15) is 6.42 Å². The molecule has 76 valence electrons. The molecule has 0 spiro atoms. The second-order valence-electron chi connectivity index (χ2n) is 2.43. The van der Waals surface area contributed by atoms with E-state index in [2.05, 4.69) is 0 Å². The van der Waals surface area contributed by atoms with E-state index in [0.717, 1.165) is 0 Å². The van der Waals surface area contributed by atoms with Gasteiger partial charge in [0, 0.05) is 0 Å². The smallest absolute Gasteiger partial charge is 0.450 e. The normalized spacial score (nSPS) is 13.1. The first-order valence-electron chi connectivity index (χ1n) is 3.19. The Balaban J connectivity index is 0. The molecule has 9 heteroatoms. The standard InChI is InChI=1S/C4H5O5.CH2O3.Na/c5-2(4(8)9)1-3(6)7;2-1(3)4;/h5H,1H2,(H,6,7)(H,8,9);(H2,2,3,4);. The molecule has 0 aromatic heterocycles. The van der Waals surface area contributed by atoms with Gasteiger partial charge in [-0.1, -0.05) is 0 Å². The van der Waals surface area contributed by atoms with Crippen LogP contribution in [0.2, 0.25) is 0 Å². The van der Waals surface area contributed by atoms with Gasteiger partial charge in [-0.3, -0.25) is 0 Å². The Morgan fingerprint density at radius 2 is 1.36 bits per heavy atom. The van der Waals surface area contributed by atoms with E-state index in [-0.39, 0.29) is 27.9 Å². The van der Waals surface area contributed by atoms with Gasteiger partial charge in [-0.05, 0) is 0 Å². The number of aliphatic hydroxyl groups is 1. The molecule has 1 unspecified atom stereocenters. The van der Waals surface area contributed by atoms with Gasteiger partial charge >= 0.3 is 80.2 Å². The fourth-order valence-electron chi connectivity index (χ4n) is 0.370. The summed E-state index contributed by atoms with van der Waals surface area (Å²) in [5.41, 5.74) is 0.